The highest BCUT2D eigenvalue weighted by atomic mass is 16.1. The zero-order chi connectivity index (χ0) is 11.0. The van der Waals surface area contributed by atoms with Crippen LogP contribution in [0, 0.1) is 13.8 Å². The van der Waals surface area contributed by atoms with E-state index in [2.05, 4.69) is 23.4 Å². The third kappa shape index (κ3) is 1.72. The van der Waals surface area contributed by atoms with Crippen LogP contribution in [0.4, 0.5) is 0 Å². The van der Waals surface area contributed by atoms with Crippen molar-refractivity contribution >= 4 is 6.29 Å². The molecule has 1 fully saturated rings. The fourth-order valence-corrected chi connectivity index (χ4v) is 2.61. The highest BCUT2D eigenvalue weighted by Gasteiger charge is 2.23. The predicted octanol–water partition coefficient (Wildman–Crippen LogP) is 1.79. The van der Waals surface area contributed by atoms with Gasteiger partial charge in [-0.05, 0) is 39.9 Å². The van der Waals surface area contributed by atoms with Crippen LogP contribution in [0.5, 0.6) is 0 Å². The smallest absolute Gasteiger partial charge is 0.151 e. The summed E-state index contributed by atoms with van der Waals surface area (Å²) in [4.78, 5) is 13.2. The number of aromatic nitrogens is 1. The van der Waals surface area contributed by atoms with E-state index < -0.39 is 0 Å². The molecule has 1 aliphatic rings. The van der Waals surface area contributed by atoms with Crippen LogP contribution in [0.25, 0.3) is 0 Å². The fraction of sp³-hybridized carbons (Fsp3) is 0.583. The number of aldehydes is 1. The van der Waals surface area contributed by atoms with Crippen molar-refractivity contribution in [1.29, 1.82) is 0 Å². The van der Waals surface area contributed by atoms with Crippen LogP contribution < -0.4 is 0 Å². The number of carbonyl (C=O) groups is 1. The second-order valence-corrected chi connectivity index (χ2v) is 4.52. The summed E-state index contributed by atoms with van der Waals surface area (Å²) in [6.07, 6.45) is 2.14. The lowest BCUT2D eigenvalue weighted by atomic mass is 10.2. The van der Waals surface area contributed by atoms with E-state index in [0.717, 1.165) is 30.6 Å². The summed E-state index contributed by atoms with van der Waals surface area (Å²) in [6, 6.07) is 2.53. The molecule has 2 rings (SSSR count). The lowest BCUT2D eigenvalue weighted by Gasteiger charge is -2.17. The van der Waals surface area contributed by atoms with Crippen molar-refractivity contribution in [2.24, 2.45) is 0 Å². The van der Waals surface area contributed by atoms with Gasteiger partial charge in [-0.3, -0.25) is 4.79 Å². The van der Waals surface area contributed by atoms with Crippen LogP contribution >= 0.6 is 0 Å². The Bertz CT molecular complexity index is 381. The lowest BCUT2D eigenvalue weighted by molar-refractivity contribution is 0.112. The van der Waals surface area contributed by atoms with Gasteiger partial charge >= 0.3 is 0 Å². The minimum atomic E-state index is 0.545. The first kappa shape index (κ1) is 10.4. The topological polar surface area (TPSA) is 25.2 Å². The molecule has 2 heterocycles. The van der Waals surface area contributed by atoms with Gasteiger partial charge in [0.05, 0.1) is 0 Å². The molecule has 0 aliphatic carbocycles. The van der Waals surface area contributed by atoms with Crippen LogP contribution in [0.1, 0.15) is 34.2 Å². The maximum absolute atomic E-state index is 10.8. The maximum atomic E-state index is 10.8. The Kier molecular flexibility index (Phi) is 2.65. The Morgan fingerprint density at radius 2 is 2.20 bits per heavy atom. The van der Waals surface area contributed by atoms with Gasteiger partial charge in [0, 0.05) is 29.5 Å². The highest BCUT2D eigenvalue weighted by molar-refractivity contribution is 5.77. The zero-order valence-electron chi connectivity index (χ0n) is 9.66. The standard InChI is InChI=1S/C12H18N2O/c1-9-6-11(8-15)10(2)14(9)12-4-5-13(3)7-12/h6,8,12H,4-5,7H2,1-3H3. The van der Waals surface area contributed by atoms with E-state index in [0.29, 0.717) is 6.04 Å². The van der Waals surface area contributed by atoms with Crippen LogP contribution in [-0.4, -0.2) is 35.9 Å². The third-order valence-corrected chi connectivity index (χ3v) is 3.38. The summed E-state index contributed by atoms with van der Waals surface area (Å²) >= 11 is 0. The molecule has 0 amide bonds. The maximum Gasteiger partial charge on any atom is 0.151 e. The van der Waals surface area contributed by atoms with Crippen molar-refractivity contribution in [3.8, 4) is 0 Å². The number of likely N-dealkylation sites (tertiary alicyclic amines) is 1. The quantitative estimate of drug-likeness (QED) is 0.689. The van der Waals surface area contributed by atoms with E-state index in [-0.39, 0.29) is 0 Å². The van der Waals surface area contributed by atoms with Crippen molar-refractivity contribution in [2.45, 2.75) is 26.3 Å². The summed E-state index contributed by atoms with van der Waals surface area (Å²) in [6.45, 7) is 6.36. The molecule has 3 heteroatoms. The molecule has 0 N–H and O–H groups in total. The second kappa shape index (κ2) is 3.81. The molecule has 82 valence electrons. The monoisotopic (exact) mass is 206 g/mol. The molecule has 1 atom stereocenters. The van der Waals surface area contributed by atoms with Gasteiger partial charge in [0.1, 0.15) is 0 Å². The average Bonchev–Trinajstić information content (AvgIpc) is 2.71. The lowest BCUT2D eigenvalue weighted by Crippen LogP contribution is -2.17. The molecular formula is C12H18N2O. The first-order valence-electron chi connectivity index (χ1n) is 5.45. The Morgan fingerprint density at radius 1 is 1.47 bits per heavy atom. The summed E-state index contributed by atoms with van der Waals surface area (Å²) in [5.74, 6) is 0. The van der Waals surface area contributed by atoms with Gasteiger partial charge < -0.3 is 9.47 Å². The molecule has 1 saturated heterocycles. The van der Waals surface area contributed by atoms with E-state index >= 15 is 0 Å². The number of aryl methyl sites for hydroxylation is 1. The zero-order valence-corrected chi connectivity index (χ0v) is 9.66. The largest absolute Gasteiger partial charge is 0.344 e. The average molecular weight is 206 g/mol. The molecule has 0 spiro atoms. The molecule has 3 nitrogen and oxygen atoms in total. The minimum Gasteiger partial charge on any atom is -0.344 e. The highest BCUT2D eigenvalue weighted by Crippen LogP contribution is 2.26. The van der Waals surface area contributed by atoms with Gasteiger partial charge in [-0.2, -0.15) is 0 Å². The summed E-state index contributed by atoms with van der Waals surface area (Å²) in [5.41, 5.74) is 3.15. The van der Waals surface area contributed by atoms with E-state index in [4.69, 9.17) is 0 Å². The van der Waals surface area contributed by atoms with E-state index in [9.17, 15) is 4.79 Å². The first-order chi connectivity index (χ1) is 7.13. The van der Waals surface area contributed by atoms with Crippen LogP contribution in [0.3, 0.4) is 0 Å². The summed E-state index contributed by atoms with van der Waals surface area (Å²) < 4.78 is 2.31. The number of rotatable bonds is 2. The molecule has 1 aliphatic heterocycles. The van der Waals surface area contributed by atoms with Gasteiger partial charge in [0.2, 0.25) is 0 Å². The van der Waals surface area contributed by atoms with Gasteiger partial charge in [-0.15, -0.1) is 0 Å². The Balaban J connectivity index is 2.35. The van der Waals surface area contributed by atoms with Crippen LogP contribution in [-0.2, 0) is 0 Å². The number of hydrogen-bond donors (Lipinski definition) is 0. The van der Waals surface area contributed by atoms with Gasteiger partial charge in [0.15, 0.2) is 6.29 Å². The van der Waals surface area contributed by atoms with E-state index in [1.54, 1.807) is 0 Å². The minimum absolute atomic E-state index is 0.545. The molecular weight excluding hydrogens is 188 g/mol. The van der Waals surface area contributed by atoms with Crippen LogP contribution in [0.15, 0.2) is 6.07 Å². The fourth-order valence-electron chi connectivity index (χ4n) is 2.61. The Morgan fingerprint density at radius 3 is 2.67 bits per heavy atom. The summed E-state index contributed by atoms with van der Waals surface area (Å²) in [7, 11) is 2.15. The molecule has 1 aromatic rings. The van der Waals surface area contributed by atoms with Crippen molar-refractivity contribution in [3.05, 3.63) is 23.0 Å². The van der Waals surface area contributed by atoms with Crippen molar-refractivity contribution < 1.29 is 4.79 Å². The Labute approximate surface area is 90.7 Å². The molecule has 0 aromatic carbocycles. The molecule has 1 aromatic heterocycles. The number of hydrogen-bond acceptors (Lipinski definition) is 2. The number of likely N-dealkylation sites (N-methyl/N-ethyl adjacent to an activating group) is 1. The number of nitrogens with zero attached hydrogens (tertiary/aromatic N) is 2. The van der Waals surface area contributed by atoms with Crippen molar-refractivity contribution in [3.63, 3.8) is 0 Å². The van der Waals surface area contributed by atoms with Crippen molar-refractivity contribution in [2.75, 3.05) is 20.1 Å². The van der Waals surface area contributed by atoms with Gasteiger partial charge in [-0.25, -0.2) is 0 Å². The third-order valence-electron chi connectivity index (χ3n) is 3.38. The summed E-state index contributed by atoms with van der Waals surface area (Å²) in [5, 5.41) is 0. The predicted molar refractivity (Wildman–Crippen MR) is 60.4 cm³/mol. The van der Waals surface area contributed by atoms with Gasteiger partial charge in [0.25, 0.3) is 0 Å². The first-order valence-corrected chi connectivity index (χ1v) is 5.45. The normalized spacial score (nSPS) is 22.2. The number of carbonyl (C=O) groups excluding carboxylic acids is 1. The molecule has 15 heavy (non-hydrogen) atoms. The SMILES string of the molecule is Cc1cc(C=O)c(C)n1C1CCN(C)C1. The van der Waals surface area contributed by atoms with E-state index in [1.807, 2.05) is 13.0 Å². The molecule has 0 bridgehead atoms. The van der Waals surface area contributed by atoms with Crippen LogP contribution in [0.2, 0.25) is 0 Å². The Hall–Kier alpha value is -1.09. The van der Waals surface area contributed by atoms with Crippen molar-refractivity contribution in [1.82, 2.24) is 9.47 Å². The molecule has 1 unspecified atom stereocenters. The van der Waals surface area contributed by atoms with Gasteiger partial charge in [-0.1, -0.05) is 0 Å². The second-order valence-electron chi connectivity index (χ2n) is 4.52. The molecule has 0 radical (unpaired) electrons. The van der Waals surface area contributed by atoms with E-state index in [1.165, 1.54) is 12.1 Å². The molecule has 0 saturated carbocycles.